The van der Waals surface area contributed by atoms with E-state index in [9.17, 15) is 4.79 Å². The van der Waals surface area contributed by atoms with Gasteiger partial charge in [0.25, 0.3) is 0 Å². The third-order valence-electron chi connectivity index (χ3n) is 2.48. The third-order valence-corrected chi connectivity index (χ3v) is 2.48. The van der Waals surface area contributed by atoms with Crippen LogP contribution in [0.3, 0.4) is 0 Å². The minimum atomic E-state index is -0.354. The van der Waals surface area contributed by atoms with Gasteiger partial charge in [-0.2, -0.15) is 0 Å². The Labute approximate surface area is 107 Å². The first-order chi connectivity index (χ1) is 8.71. The average Bonchev–Trinajstić information content (AvgIpc) is 2.43. The minimum absolute atomic E-state index is 0.245. The van der Waals surface area contributed by atoms with Gasteiger partial charge >= 0.3 is 5.97 Å². The second-order valence-corrected chi connectivity index (χ2v) is 3.65. The van der Waals surface area contributed by atoms with Crippen molar-refractivity contribution in [3.63, 3.8) is 0 Å². The summed E-state index contributed by atoms with van der Waals surface area (Å²) in [6, 6.07) is 7.59. The molecule has 0 aromatic heterocycles. The Morgan fingerprint density at radius 3 is 2.39 bits per heavy atom. The van der Waals surface area contributed by atoms with Gasteiger partial charge in [0.15, 0.2) is 0 Å². The summed E-state index contributed by atoms with van der Waals surface area (Å²) in [5.74, 6) is 0.453. The first-order valence-corrected chi connectivity index (χ1v) is 5.65. The maximum atomic E-state index is 11.3. The van der Waals surface area contributed by atoms with Crippen molar-refractivity contribution in [1.29, 1.82) is 0 Å². The molecule has 0 saturated carbocycles. The molecular weight excluding hydrogens is 232 g/mol. The quantitative estimate of drug-likeness (QED) is 0.574. The SMILES string of the molecule is C/C=C(\COCc1ccc(OC)cc1)C(=O)OC. The largest absolute Gasteiger partial charge is 0.497 e. The molecule has 0 amide bonds. The molecule has 0 aliphatic carbocycles. The number of hydrogen-bond acceptors (Lipinski definition) is 4. The van der Waals surface area contributed by atoms with E-state index < -0.39 is 0 Å². The maximum absolute atomic E-state index is 11.3. The van der Waals surface area contributed by atoms with Crippen molar-refractivity contribution in [3.05, 3.63) is 41.5 Å². The van der Waals surface area contributed by atoms with Crippen LogP contribution < -0.4 is 4.74 Å². The molecule has 18 heavy (non-hydrogen) atoms. The van der Waals surface area contributed by atoms with E-state index in [2.05, 4.69) is 4.74 Å². The summed E-state index contributed by atoms with van der Waals surface area (Å²) in [6.07, 6.45) is 1.69. The van der Waals surface area contributed by atoms with Gasteiger partial charge in [0.05, 0.1) is 33.0 Å². The van der Waals surface area contributed by atoms with Gasteiger partial charge in [0.2, 0.25) is 0 Å². The van der Waals surface area contributed by atoms with E-state index in [0.717, 1.165) is 11.3 Å². The van der Waals surface area contributed by atoms with E-state index in [1.54, 1.807) is 20.1 Å². The zero-order valence-electron chi connectivity index (χ0n) is 10.9. The van der Waals surface area contributed by atoms with E-state index in [0.29, 0.717) is 12.2 Å². The molecule has 0 fully saturated rings. The summed E-state index contributed by atoms with van der Waals surface area (Å²) in [7, 11) is 2.98. The first kappa shape index (κ1) is 14.3. The van der Waals surface area contributed by atoms with Crippen molar-refractivity contribution in [1.82, 2.24) is 0 Å². The van der Waals surface area contributed by atoms with Gasteiger partial charge in [0.1, 0.15) is 5.75 Å². The zero-order chi connectivity index (χ0) is 13.4. The summed E-state index contributed by atoms with van der Waals surface area (Å²) < 4.78 is 15.2. The Morgan fingerprint density at radius 2 is 1.89 bits per heavy atom. The van der Waals surface area contributed by atoms with Gasteiger partial charge in [0, 0.05) is 0 Å². The molecule has 0 aliphatic rings. The Balaban J connectivity index is 2.43. The summed E-state index contributed by atoms with van der Waals surface area (Å²) in [5, 5.41) is 0. The smallest absolute Gasteiger partial charge is 0.335 e. The van der Waals surface area contributed by atoms with Crippen LogP contribution in [-0.4, -0.2) is 26.8 Å². The molecule has 0 radical (unpaired) electrons. The fourth-order valence-corrected chi connectivity index (χ4v) is 1.39. The third kappa shape index (κ3) is 4.22. The number of ether oxygens (including phenoxy) is 3. The fraction of sp³-hybridized carbons (Fsp3) is 0.357. The molecule has 0 bridgehead atoms. The van der Waals surface area contributed by atoms with Crippen LogP contribution in [0.4, 0.5) is 0 Å². The number of methoxy groups -OCH3 is 2. The highest BCUT2D eigenvalue weighted by atomic mass is 16.5. The fourth-order valence-electron chi connectivity index (χ4n) is 1.39. The van der Waals surface area contributed by atoms with Crippen LogP contribution in [0.25, 0.3) is 0 Å². The van der Waals surface area contributed by atoms with Gasteiger partial charge in [-0.1, -0.05) is 18.2 Å². The number of hydrogen-bond donors (Lipinski definition) is 0. The number of allylic oxidation sites excluding steroid dienone is 1. The normalized spacial score (nSPS) is 11.2. The predicted molar refractivity (Wildman–Crippen MR) is 68.4 cm³/mol. The number of rotatable bonds is 6. The molecule has 98 valence electrons. The lowest BCUT2D eigenvalue weighted by atomic mass is 10.2. The molecule has 0 N–H and O–H groups in total. The Morgan fingerprint density at radius 1 is 1.22 bits per heavy atom. The minimum Gasteiger partial charge on any atom is -0.497 e. The van der Waals surface area contributed by atoms with Crippen LogP contribution in [0.5, 0.6) is 5.75 Å². The van der Waals surface area contributed by atoms with Crippen LogP contribution >= 0.6 is 0 Å². The summed E-state index contributed by atoms with van der Waals surface area (Å²) >= 11 is 0. The van der Waals surface area contributed by atoms with Crippen molar-refractivity contribution >= 4 is 5.97 Å². The maximum Gasteiger partial charge on any atom is 0.335 e. The van der Waals surface area contributed by atoms with Crippen molar-refractivity contribution < 1.29 is 19.0 Å². The predicted octanol–water partition coefficient (Wildman–Crippen LogP) is 2.33. The van der Waals surface area contributed by atoms with Gasteiger partial charge in [-0.05, 0) is 24.6 Å². The number of carbonyl (C=O) groups is 1. The molecule has 0 heterocycles. The highest BCUT2D eigenvalue weighted by Crippen LogP contribution is 2.12. The lowest BCUT2D eigenvalue weighted by Gasteiger charge is -2.07. The molecule has 4 heteroatoms. The molecule has 0 aliphatic heterocycles. The Bertz CT molecular complexity index is 406. The lowest BCUT2D eigenvalue weighted by Crippen LogP contribution is -2.10. The highest BCUT2D eigenvalue weighted by Gasteiger charge is 2.08. The van der Waals surface area contributed by atoms with Crippen LogP contribution in [0, 0.1) is 0 Å². The lowest BCUT2D eigenvalue weighted by molar-refractivity contribution is -0.136. The second kappa shape index (κ2) is 7.50. The molecular formula is C14H18O4. The van der Waals surface area contributed by atoms with Gasteiger partial charge < -0.3 is 14.2 Å². The van der Waals surface area contributed by atoms with Crippen molar-refractivity contribution in [2.24, 2.45) is 0 Å². The Hall–Kier alpha value is -1.81. The number of esters is 1. The molecule has 4 nitrogen and oxygen atoms in total. The molecule has 0 spiro atoms. The standard InChI is InChI=1S/C14H18O4/c1-4-12(14(15)17-3)10-18-9-11-5-7-13(16-2)8-6-11/h4-8H,9-10H2,1-3H3/b12-4+. The first-order valence-electron chi connectivity index (χ1n) is 5.65. The Kier molecular flexibility index (Phi) is 5.94. The van der Waals surface area contributed by atoms with Crippen LogP contribution in [-0.2, 0) is 20.9 Å². The van der Waals surface area contributed by atoms with E-state index in [-0.39, 0.29) is 12.6 Å². The van der Waals surface area contributed by atoms with E-state index in [1.807, 2.05) is 24.3 Å². The van der Waals surface area contributed by atoms with Gasteiger partial charge in [-0.3, -0.25) is 0 Å². The highest BCUT2D eigenvalue weighted by molar-refractivity contribution is 5.88. The summed E-state index contributed by atoms with van der Waals surface area (Å²) in [5.41, 5.74) is 1.54. The number of benzene rings is 1. The van der Waals surface area contributed by atoms with E-state index in [4.69, 9.17) is 9.47 Å². The van der Waals surface area contributed by atoms with Crippen LogP contribution in [0.15, 0.2) is 35.9 Å². The van der Waals surface area contributed by atoms with Crippen LogP contribution in [0.1, 0.15) is 12.5 Å². The zero-order valence-corrected chi connectivity index (χ0v) is 10.9. The topological polar surface area (TPSA) is 44.8 Å². The number of carbonyl (C=O) groups excluding carboxylic acids is 1. The van der Waals surface area contributed by atoms with E-state index in [1.165, 1.54) is 7.11 Å². The summed E-state index contributed by atoms with van der Waals surface area (Å²) in [6.45, 7) is 2.47. The van der Waals surface area contributed by atoms with Gasteiger partial charge in [-0.15, -0.1) is 0 Å². The van der Waals surface area contributed by atoms with Crippen LogP contribution in [0.2, 0.25) is 0 Å². The van der Waals surface area contributed by atoms with Gasteiger partial charge in [-0.25, -0.2) is 4.79 Å². The molecule has 1 rings (SSSR count). The molecule has 0 saturated heterocycles. The van der Waals surface area contributed by atoms with Crippen molar-refractivity contribution in [2.45, 2.75) is 13.5 Å². The van der Waals surface area contributed by atoms with Crippen molar-refractivity contribution in [2.75, 3.05) is 20.8 Å². The summed E-state index contributed by atoms with van der Waals surface area (Å²) in [4.78, 5) is 11.3. The molecule has 1 aromatic rings. The monoisotopic (exact) mass is 250 g/mol. The molecule has 1 aromatic carbocycles. The molecule has 0 unspecified atom stereocenters. The molecule has 0 atom stereocenters. The van der Waals surface area contributed by atoms with Crippen molar-refractivity contribution in [3.8, 4) is 5.75 Å². The van der Waals surface area contributed by atoms with E-state index >= 15 is 0 Å². The second-order valence-electron chi connectivity index (χ2n) is 3.65. The average molecular weight is 250 g/mol.